The zero-order valence-corrected chi connectivity index (χ0v) is 12.3. The predicted octanol–water partition coefficient (Wildman–Crippen LogP) is 4.22. The summed E-state index contributed by atoms with van der Waals surface area (Å²) < 4.78 is 2.11. The van der Waals surface area contributed by atoms with E-state index >= 15 is 0 Å². The van der Waals surface area contributed by atoms with Crippen LogP contribution in [0.3, 0.4) is 0 Å². The Labute approximate surface area is 123 Å². The number of nitrogens with zero attached hydrogens (tertiary/aromatic N) is 2. The molecule has 0 unspecified atom stereocenters. The summed E-state index contributed by atoms with van der Waals surface area (Å²) in [6.07, 6.45) is 2.03. The van der Waals surface area contributed by atoms with E-state index in [1.54, 1.807) is 0 Å². The molecule has 3 nitrogen and oxygen atoms in total. The monoisotopic (exact) mass is 285 g/mol. The van der Waals surface area contributed by atoms with Crippen molar-refractivity contribution in [1.29, 1.82) is 0 Å². The molecule has 0 aliphatic carbocycles. The SMILES string of the molecule is Cc1cccc(Cl)c1NCc1c(C)nc2ccccn12. The van der Waals surface area contributed by atoms with Crippen molar-refractivity contribution in [2.24, 2.45) is 0 Å². The van der Waals surface area contributed by atoms with E-state index in [9.17, 15) is 0 Å². The number of anilines is 1. The van der Waals surface area contributed by atoms with Crippen LogP contribution in [0.5, 0.6) is 0 Å². The number of fused-ring (bicyclic) bond motifs is 1. The maximum Gasteiger partial charge on any atom is 0.137 e. The summed E-state index contributed by atoms with van der Waals surface area (Å²) in [7, 11) is 0. The lowest BCUT2D eigenvalue weighted by Gasteiger charge is -2.11. The van der Waals surface area contributed by atoms with Gasteiger partial charge >= 0.3 is 0 Å². The number of hydrogen-bond acceptors (Lipinski definition) is 2. The molecule has 0 amide bonds. The fraction of sp³-hybridized carbons (Fsp3) is 0.188. The molecule has 0 spiro atoms. The Balaban J connectivity index is 1.93. The lowest BCUT2D eigenvalue weighted by atomic mass is 10.2. The molecule has 2 heterocycles. The van der Waals surface area contributed by atoms with Gasteiger partial charge in [-0.15, -0.1) is 0 Å². The number of benzene rings is 1. The number of para-hydroxylation sites is 1. The molecular formula is C16H16ClN3. The molecule has 3 rings (SSSR count). The van der Waals surface area contributed by atoms with E-state index in [-0.39, 0.29) is 0 Å². The van der Waals surface area contributed by atoms with Crippen LogP contribution in [-0.2, 0) is 6.54 Å². The highest BCUT2D eigenvalue weighted by Gasteiger charge is 2.09. The number of hydrogen-bond donors (Lipinski definition) is 1. The summed E-state index contributed by atoms with van der Waals surface area (Å²) in [6, 6.07) is 11.9. The number of aromatic nitrogens is 2. The summed E-state index contributed by atoms with van der Waals surface area (Å²) in [5, 5.41) is 4.17. The van der Waals surface area contributed by atoms with Crippen molar-refractivity contribution in [3.63, 3.8) is 0 Å². The first-order chi connectivity index (χ1) is 9.66. The van der Waals surface area contributed by atoms with Gasteiger partial charge in [-0.05, 0) is 37.6 Å². The Morgan fingerprint density at radius 3 is 2.80 bits per heavy atom. The van der Waals surface area contributed by atoms with Crippen LogP contribution >= 0.6 is 11.6 Å². The molecule has 0 fully saturated rings. The standard InChI is InChI=1S/C16H16ClN3/c1-11-6-5-7-13(17)16(11)18-10-14-12(2)19-15-8-3-4-9-20(14)15/h3-9,18H,10H2,1-2H3. The zero-order valence-electron chi connectivity index (χ0n) is 11.5. The van der Waals surface area contributed by atoms with E-state index in [2.05, 4.69) is 27.7 Å². The lowest BCUT2D eigenvalue weighted by Crippen LogP contribution is -2.05. The minimum Gasteiger partial charge on any atom is -0.378 e. The smallest absolute Gasteiger partial charge is 0.137 e. The second-order valence-electron chi connectivity index (χ2n) is 4.86. The molecule has 3 aromatic rings. The van der Waals surface area contributed by atoms with E-state index < -0.39 is 0 Å². The predicted molar refractivity (Wildman–Crippen MR) is 83.4 cm³/mol. The number of nitrogens with one attached hydrogen (secondary N) is 1. The van der Waals surface area contributed by atoms with Crippen LogP contribution < -0.4 is 5.32 Å². The maximum absolute atomic E-state index is 6.24. The van der Waals surface area contributed by atoms with Gasteiger partial charge in [0.05, 0.1) is 28.6 Å². The van der Waals surface area contributed by atoms with Crippen molar-refractivity contribution in [3.8, 4) is 0 Å². The van der Waals surface area contributed by atoms with Crippen molar-refractivity contribution >= 4 is 22.9 Å². The van der Waals surface area contributed by atoms with Gasteiger partial charge in [0.25, 0.3) is 0 Å². The average molecular weight is 286 g/mol. The van der Waals surface area contributed by atoms with Crippen molar-refractivity contribution < 1.29 is 0 Å². The van der Waals surface area contributed by atoms with Gasteiger partial charge in [0.15, 0.2) is 0 Å². The fourth-order valence-corrected chi connectivity index (χ4v) is 2.69. The molecule has 0 atom stereocenters. The first kappa shape index (κ1) is 13.0. The van der Waals surface area contributed by atoms with Crippen LogP contribution in [-0.4, -0.2) is 9.38 Å². The van der Waals surface area contributed by atoms with E-state index in [4.69, 9.17) is 11.6 Å². The molecule has 0 saturated carbocycles. The van der Waals surface area contributed by atoms with Crippen LogP contribution in [0.4, 0.5) is 5.69 Å². The minimum absolute atomic E-state index is 0.696. The van der Waals surface area contributed by atoms with Crippen LogP contribution in [0.25, 0.3) is 5.65 Å². The summed E-state index contributed by atoms with van der Waals surface area (Å²) in [4.78, 5) is 4.56. The van der Waals surface area contributed by atoms with E-state index in [0.717, 1.165) is 33.3 Å². The molecule has 2 aromatic heterocycles. The molecule has 0 saturated heterocycles. The lowest BCUT2D eigenvalue weighted by molar-refractivity contribution is 0.985. The van der Waals surface area contributed by atoms with Crippen LogP contribution in [0, 0.1) is 13.8 Å². The number of rotatable bonds is 3. The summed E-state index contributed by atoms with van der Waals surface area (Å²) in [6.45, 7) is 4.78. The molecule has 0 aliphatic rings. The van der Waals surface area contributed by atoms with Crippen molar-refractivity contribution in [1.82, 2.24) is 9.38 Å². The molecule has 0 radical (unpaired) electrons. The second kappa shape index (κ2) is 5.17. The Morgan fingerprint density at radius 1 is 1.15 bits per heavy atom. The Bertz CT molecular complexity index is 741. The number of imidazole rings is 1. The van der Waals surface area contributed by atoms with Gasteiger partial charge in [-0.25, -0.2) is 4.98 Å². The van der Waals surface area contributed by atoms with Crippen LogP contribution in [0.2, 0.25) is 5.02 Å². The molecule has 4 heteroatoms. The molecule has 20 heavy (non-hydrogen) atoms. The highest BCUT2D eigenvalue weighted by Crippen LogP contribution is 2.26. The Morgan fingerprint density at radius 2 is 2.00 bits per heavy atom. The Hall–Kier alpha value is -2.00. The molecular weight excluding hydrogens is 270 g/mol. The van der Waals surface area contributed by atoms with Gasteiger partial charge in [-0.2, -0.15) is 0 Å². The minimum atomic E-state index is 0.696. The second-order valence-corrected chi connectivity index (χ2v) is 5.27. The quantitative estimate of drug-likeness (QED) is 0.781. The third-order valence-electron chi connectivity index (χ3n) is 3.48. The third-order valence-corrected chi connectivity index (χ3v) is 3.80. The first-order valence-electron chi connectivity index (χ1n) is 6.58. The Kier molecular flexibility index (Phi) is 3.36. The van der Waals surface area contributed by atoms with Gasteiger partial charge in [0.2, 0.25) is 0 Å². The number of halogens is 1. The highest BCUT2D eigenvalue weighted by molar-refractivity contribution is 6.33. The number of pyridine rings is 1. The normalized spacial score (nSPS) is 10.9. The molecule has 0 aliphatic heterocycles. The van der Waals surface area contributed by atoms with Crippen molar-refractivity contribution in [2.45, 2.75) is 20.4 Å². The van der Waals surface area contributed by atoms with Gasteiger partial charge in [-0.1, -0.05) is 29.8 Å². The van der Waals surface area contributed by atoms with Crippen LogP contribution in [0.1, 0.15) is 17.0 Å². The summed E-state index contributed by atoms with van der Waals surface area (Å²) in [5.74, 6) is 0. The number of aryl methyl sites for hydroxylation is 2. The average Bonchev–Trinajstić information content (AvgIpc) is 2.74. The van der Waals surface area contributed by atoms with Crippen molar-refractivity contribution in [3.05, 3.63) is 64.6 Å². The van der Waals surface area contributed by atoms with Crippen LogP contribution in [0.15, 0.2) is 42.6 Å². The van der Waals surface area contributed by atoms with Gasteiger partial charge in [-0.3, -0.25) is 0 Å². The summed E-state index contributed by atoms with van der Waals surface area (Å²) >= 11 is 6.24. The highest BCUT2D eigenvalue weighted by atomic mass is 35.5. The first-order valence-corrected chi connectivity index (χ1v) is 6.96. The van der Waals surface area contributed by atoms with E-state index in [1.165, 1.54) is 0 Å². The maximum atomic E-state index is 6.24. The van der Waals surface area contributed by atoms with Gasteiger partial charge < -0.3 is 9.72 Å². The van der Waals surface area contributed by atoms with E-state index in [1.807, 2.05) is 43.5 Å². The molecule has 102 valence electrons. The van der Waals surface area contributed by atoms with Gasteiger partial charge in [0.1, 0.15) is 5.65 Å². The van der Waals surface area contributed by atoms with Gasteiger partial charge in [0, 0.05) is 6.20 Å². The van der Waals surface area contributed by atoms with Crippen molar-refractivity contribution in [2.75, 3.05) is 5.32 Å². The van der Waals surface area contributed by atoms with E-state index in [0.29, 0.717) is 6.54 Å². The molecule has 1 aromatic carbocycles. The zero-order chi connectivity index (χ0) is 14.1. The largest absolute Gasteiger partial charge is 0.378 e. The molecule has 1 N–H and O–H groups in total. The fourth-order valence-electron chi connectivity index (χ4n) is 2.41. The molecule has 0 bridgehead atoms. The third kappa shape index (κ3) is 2.25. The topological polar surface area (TPSA) is 29.3 Å². The summed E-state index contributed by atoms with van der Waals surface area (Å²) in [5.41, 5.74) is 5.29.